The Labute approximate surface area is 174 Å². The van der Waals surface area contributed by atoms with Crippen molar-refractivity contribution in [3.8, 4) is 0 Å². The molecule has 1 atom stereocenters. The Hall–Kier alpha value is -2.62. The second-order valence-electron chi connectivity index (χ2n) is 8.34. The van der Waals surface area contributed by atoms with Crippen molar-refractivity contribution in [2.45, 2.75) is 71.5 Å². The monoisotopic (exact) mass is 392 g/mol. The quantitative estimate of drug-likeness (QED) is 0.763. The largest absolute Gasteiger partial charge is 0.352 e. The maximum atomic E-state index is 13.2. The molecular weight excluding hydrogens is 360 g/mol. The molecule has 2 amide bonds. The van der Waals surface area contributed by atoms with Crippen LogP contribution in [-0.2, 0) is 22.6 Å². The van der Waals surface area contributed by atoms with E-state index in [1.165, 1.54) is 12.8 Å². The van der Waals surface area contributed by atoms with E-state index in [-0.39, 0.29) is 17.9 Å². The molecular formula is C25H32N2O2. The van der Waals surface area contributed by atoms with Gasteiger partial charge in [0.15, 0.2) is 0 Å². The van der Waals surface area contributed by atoms with Crippen LogP contribution in [0.3, 0.4) is 0 Å². The Morgan fingerprint density at radius 3 is 2.21 bits per heavy atom. The second-order valence-corrected chi connectivity index (χ2v) is 8.34. The normalized spacial score (nSPS) is 15.1. The number of hydrogen-bond acceptors (Lipinski definition) is 2. The van der Waals surface area contributed by atoms with E-state index in [1.807, 2.05) is 63.2 Å². The first kappa shape index (κ1) is 21.1. The fourth-order valence-corrected chi connectivity index (χ4v) is 4.08. The van der Waals surface area contributed by atoms with Crippen molar-refractivity contribution in [1.29, 1.82) is 0 Å². The van der Waals surface area contributed by atoms with Gasteiger partial charge in [-0.05, 0) is 44.7 Å². The van der Waals surface area contributed by atoms with Crippen molar-refractivity contribution in [2.75, 3.05) is 0 Å². The maximum Gasteiger partial charge on any atom is 0.242 e. The van der Waals surface area contributed by atoms with Crippen LogP contribution in [0, 0.1) is 13.8 Å². The molecule has 0 heterocycles. The first-order valence-electron chi connectivity index (χ1n) is 10.6. The summed E-state index contributed by atoms with van der Waals surface area (Å²) in [6.07, 6.45) is 4.70. The molecule has 1 saturated carbocycles. The van der Waals surface area contributed by atoms with Crippen LogP contribution >= 0.6 is 0 Å². The van der Waals surface area contributed by atoms with Crippen molar-refractivity contribution in [3.63, 3.8) is 0 Å². The summed E-state index contributed by atoms with van der Waals surface area (Å²) in [5.74, 6) is -0.0756. The summed E-state index contributed by atoms with van der Waals surface area (Å²) in [7, 11) is 0. The number of hydrogen-bond donors (Lipinski definition) is 1. The maximum absolute atomic E-state index is 13.2. The molecule has 0 bridgehead atoms. The van der Waals surface area contributed by atoms with Gasteiger partial charge in [0.2, 0.25) is 11.8 Å². The third kappa shape index (κ3) is 5.93. The third-order valence-electron chi connectivity index (χ3n) is 5.74. The van der Waals surface area contributed by atoms with Crippen LogP contribution in [0.15, 0.2) is 48.5 Å². The van der Waals surface area contributed by atoms with Gasteiger partial charge < -0.3 is 10.2 Å². The van der Waals surface area contributed by atoms with Crippen LogP contribution in [0.2, 0.25) is 0 Å². The lowest BCUT2D eigenvalue weighted by atomic mass is 10.1. The zero-order valence-corrected chi connectivity index (χ0v) is 17.8. The minimum Gasteiger partial charge on any atom is -0.352 e. The zero-order chi connectivity index (χ0) is 20.8. The van der Waals surface area contributed by atoms with Gasteiger partial charge in [-0.3, -0.25) is 9.59 Å². The molecule has 0 spiro atoms. The number of carbonyl (C=O) groups is 2. The average molecular weight is 393 g/mol. The number of nitrogens with zero attached hydrogens (tertiary/aromatic N) is 1. The van der Waals surface area contributed by atoms with Gasteiger partial charge in [-0.15, -0.1) is 0 Å². The van der Waals surface area contributed by atoms with Crippen molar-refractivity contribution in [2.24, 2.45) is 0 Å². The molecule has 4 heteroatoms. The number of aryl methyl sites for hydroxylation is 2. The van der Waals surface area contributed by atoms with Crippen molar-refractivity contribution < 1.29 is 9.59 Å². The van der Waals surface area contributed by atoms with E-state index < -0.39 is 6.04 Å². The lowest BCUT2D eigenvalue weighted by Gasteiger charge is -2.30. The molecule has 1 fully saturated rings. The van der Waals surface area contributed by atoms with Gasteiger partial charge >= 0.3 is 0 Å². The highest BCUT2D eigenvalue weighted by molar-refractivity contribution is 5.88. The summed E-state index contributed by atoms with van der Waals surface area (Å²) in [5, 5.41) is 3.15. The molecule has 154 valence electrons. The Balaban J connectivity index is 1.77. The number of carbonyl (C=O) groups excluding carboxylic acids is 2. The third-order valence-corrected chi connectivity index (χ3v) is 5.74. The molecule has 0 aromatic heterocycles. The number of amides is 2. The summed E-state index contributed by atoms with van der Waals surface area (Å²) in [6.45, 7) is 6.34. The first-order valence-corrected chi connectivity index (χ1v) is 10.6. The van der Waals surface area contributed by atoms with Crippen LogP contribution in [0.1, 0.15) is 54.9 Å². The van der Waals surface area contributed by atoms with Crippen LogP contribution < -0.4 is 5.32 Å². The highest BCUT2D eigenvalue weighted by Gasteiger charge is 2.28. The fraction of sp³-hybridized carbons (Fsp3) is 0.440. The second kappa shape index (κ2) is 9.73. The van der Waals surface area contributed by atoms with Gasteiger partial charge in [0.1, 0.15) is 6.04 Å². The number of nitrogens with one attached hydrogen (secondary N) is 1. The van der Waals surface area contributed by atoms with Crippen LogP contribution in [0.4, 0.5) is 0 Å². The summed E-state index contributed by atoms with van der Waals surface area (Å²) in [5.41, 5.74) is 4.31. The van der Waals surface area contributed by atoms with Gasteiger partial charge in [-0.1, -0.05) is 72.5 Å². The average Bonchev–Trinajstić information content (AvgIpc) is 3.18. The molecule has 2 aromatic rings. The predicted octanol–water partition coefficient (Wildman–Crippen LogP) is 4.32. The molecule has 29 heavy (non-hydrogen) atoms. The van der Waals surface area contributed by atoms with Gasteiger partial charge in [-0.25, -0.2) is 0 Å². The molecule has 0 aliphatic heterocycles. The van der Waals surface area contributed by atoms with E-state index in [2.05, 4.69) is 11.4 Å². The standard InChI is InChI=1S/C25H32N2O2/c1-18-8-6-10-21(14-18)16-24(28)27(17-22-11-7-9-19(2)15-22)20(3)25(29)26-23-12-4-5-13-23/h6-11,14-15,20,23H,4-5,12-13,16-17H2,1-3H3,(H,26,29). The Bertz CT molecular complexity index is 855. The summed E-state index contributed by atoms with van der Waals surface area (Å²) < 4.78 is 0. The van der Waals surface area contributed by atoms with E-state index in [0.29, 0.717) is 13.0 Å². The van der Waals surface area contributed by atoms with Gasteiger partial charge in [-0.2, -0.15) is 0 Å². The van der Waals surface area contributed by atoms with E-state index in [4.69, 9.17) is 0 Å². The first-order chi connectivity index (χ1) is 13.9. The van der Waals surface area contributed by atoms with E-state index in [0.717, 1.165) is 35.1 Å². The lowest BCUT2D eigenvalue weighted by Crippen LogP contribution is -2.50. The molecule has 0 saturated heterocycles. The highest BCUT2D eigenvalue weighted by atomic mass is 16.2. The highest BCUT2D eigenvalue weighted by Crippen LogP contribution is 2.19. The minimum atomic E-state index is -0.506. The fourth-order valence-electron chi connectivity index (χ4n) is 4.08. The predicted molar refractivity (Wildman–Crippen MR) is 116 cm³/mol. The smallest absolute Gasteiger partial charge is 0.242 e. The molecule has 0 radical (unpaired) electrons. The van der Waals surface area contributed by atoms with E-state index >= 15 is 0 Å². The van der Waals surface area contributed by atoms with Crippen LogP contribution in [-0.4, -0.2) is 28.8 Å². The molecule has 1 unspecified atom stereocenters. The van der Waals surface area contributed by atoms with Crippen LogP contribution in [0.25, 0.3) is 0 Å². The molecule has 1 aliphatic carbocycles. The van der Waals surface area contributed by atoms with E-state index in [1.54, 1.807) is 4.90 Å². The SMILES string of the molecule is Cc1cccc(CC(=O)N(Cc2cccc(C)c2)C(C)C(=O)NC2CCCC2)c1. The summed E-state index contributed by atoms with van der Waals surface area (Å²) in [6, 6.07) is 15.9. The van der Waals surface area contributed by atoms with E-state index in [9.17, 15) is 9.59 Å². The zero-order valence-electron chi connectivity index (χ0n) is 17.8. The van der Waals surface area contributed by atoms with Crippen molar-refractivity contribution in [3.05, 3.63) is 70.8 Å². The Morgan fingerprint density at radius 2 is 1.59 bits per heavy atom. The summed E-state index contributed by atoms with van der Waals surface area (Å²) >= 11 is 0. The van der Waals surface area contributed by atoms with Gasteiger partial charge in [0, 0.05) is 12.6 Å². The van der Waals surface area contributed by atoms with Crippen LogP contribution in [0.5, 0.6) is 0 Å². The topological polar surface area (TPSA) is 49.4 Å². The molecule has 2 aromatic carbocycles. The molecule has 1 aliphatic rings. The molecule has 3 rings (SSSR count). The number of rotatable bonds is 7. The molecule has 4 nitrogen and oxygen atoms in total. The number of benzene rings is 2. The van der Waals surface area contributed by atoms with Crippen molar-refractivity contribution in [1.82, 2.24) is 10.2 Å². The Morgan fingerprint density at radius 1 is 1.00 bits per heavy atom. The minimum absolute atomic E-state index is 0.0221. The lowest BCUT2D eigenvalue weighted by molar-refractivity contribution is -0.140. The molecule has 1 N–H and O–H groups in total. The Kier molecular flexibility index (Phi) is 7.08. The summed E-state index contributed by atoms with van der Waals surface area (Å²) in [4.78, 5) is 27.9. The van der Waals surface area contributed by atoms with Crippen molar-refractivity contribution >= 4 is 11.8 Å². The van der Waals surface area contributed by atoms with Gasteiger partial charge in [0.05, 0.1) is 6.42 Å². The van der Waals surface area contributed by atoms with Gasteiger partial charge in [0.25, 0.3) is 0 Å².